The van der Waals surface area contributed by atoms with Crippen molar-refractivity contribution >= 4 is 16.6 Å². The molecular formula is C10H24O2Si2. The zero-order chi connectivity index (χ0) is 11.4. The first kappa shape index (κ1) is 14.1. The van der Waals surface area contributed by atoms with E-state index < -0.39 is 16.6 Å². The predicted octanol–water partition coefficient (Wildman–Crippen LogP) is 3.17. The van der Waals surface area contributed by atoms with Gasteiger partial charge >= 0.3 is 0 Å². The highest BCUT2D eigenvalue weighted by Gasteiger charge is 2.29. The second-order valence-electron chi connectivity index (χ2n) is 5.42. The third-order valence-electron chi connectivity index (χ3n) is 1.38. The summed E-state index contributed by atoms with van der Waals surface area (Å²) < 4.78 is 11.7. The van der Waals surface area contributed by atoms with Gasteiger partial charge in [-0.2, -0.15) is 0 Å². The van der Waals surface area contributed by atoms with E-state index in [4.69, 9.17) is 8.85 Å². The minimum absolute atomic E-state index is 0.658. The fourth-order valence-electron chi connectivity index (χ4n) is 1.33. The molecule has 0 saturated heterocycles. The minimum atomic E-state index is -1.61. The predicted molar refractivity (Wildman–Crippen MR) is 67.5 cm³/mol. The van der Waals surface area contributed by atoms with Crippen molar-refractivity contribution in [3.8, 4) is 0 Å². The topological polar surface area (TPSA) is 18.5 Å². The van der Waals surface area contributed by atoms with E-state index in [1.807, 2.05) is 6.92 Å². The standard InChI is InChI=1S/C10H24O2Si2/c1-10(2)8-11-9-14(6,7)12-13(3,4)5/h1,8-9H2,2-7H3. The van der Waals surface area contributed by atoms with E-state index in [1.54, 1.807) is 0 Å². The van der Waals surface area contributed by atoms with Crippen LogP contribution in [-0.4, -0.2) is 29.5 Å². The van der Waals surface area contributed by atoms with Crippen LogP contribution in [0.25, 0.3) is 0 Å². The van der Waals surface area contributed by atoms with Crippen LogP contribution in [-0.2, 0) is 8.85 Å². The van der Waals surface area contributed by atoms with Crippen molar-refractivity contribution in [2.45, 2.75) is 39.7 Å². The summed E-state index contributed by atoms with van der Waals surface area (Å²) in [5.74, 6) is 0. The number of hydrogen-bond donors (Lipinski definition) is 0. The molecule has 0 N–H and O–H groups in total. The second-order valence-corrected chi connectivity index (χ2v) is 14.3. The van der Waals surface area contributed by atoms with Crippen LogP contribution in [0.4, 0.5) is 0 Å². The molecule has 0 fully saturated rings. The van der Waals surface area contributed by atoms with Gasteiger partial charge < -0.3 is 8.85 Å². The average Bonchev–Trinajstić information content (AvgIpc) is 1.78. The molecule has 2 nitrogen and oxygen atoms in total. The van der Waals surface area contributed by atoms with Gasteiger partial charge in [0.1, 0.15) is 0 Å². The Hall–Kier alpha value is 0.0938. The van der Waals surface area contributed by atoms with Gasteiger partial charge in [0.25, 0.3) is 0 Å². The lowest BCUT2D eigenvalue weighted by Gasteiger charge is -2.31. The Kier molecular flexibility index (Phi) is 5.29. The highest BCUT2D eigenvalue weighted by Crippen LogP contribution is 2.14. The first-order valence-electron chi connectivity index (χ1n) is 5.05. The summed E-state index contributed by atoms with van der Waals surface area (Å²) in [4.78, 5) is 0. The van der Waals surface area contributed by atoms with Crippen molar-refractivity contribution < 1.29 is 8.85 Å². The molecule has 14 heavy (non-hydrogen) atoms. The van der Waals surface area contributed by atoms with Gasteiger partial charge in [-0.05, 0) is 39.7 Å². The normalized spacial score (nSPS) is 13.0. The van der Waals surface area contributed by atoms with Crippen LogP contribution >= 0.6 is 0 Å². The van der Waals surface area contributed by atoms with E-state index >= 15 is 0 Å². The molecule has 4 heteroatoms. The third kappa shape index (κ3) is 8.68. The molecule has 0 bridgehead atoms. The van der Waals surface area contributed by atoms with Crippen molar-refractivity contribution in [2.24, 2.45) is 0 Å². The van der Waals surface area contributed by atoms with Gasteiger partial charge in [0, 0.05) is 0 Å². The largest absolute Gasteiger partial charge is 0.454 e. The van der Waals surface area contributed by atoms with E-state index in [2.05, 4.69) is 39.3 Å². The molecule has 0 aromatic carbocycles. The summed E-state index contributed by atoms with van der Waals surface area (Å²) in [6.45, 7) is 17.5. The zero-order valence-corrected chi connectivity index (χ0v) is 12.4. The quantitative estimate of drug-likeness (QED) is 0.517. The van der Waals surface area contributed by atoms with Gasteiger partial charge in [-0.15, -0.1) is 0 Å². The molecule has 0 aliphatic rings. The highest BCUT2D eigenvalue weighted by atomic mass is 28.4. The monoisotopic (exact) mass is 232 g/mol. The Bertz CT molecular complexity index is 195. The fourth-order valence-corrected chi connectivity index (χ4v) is 8.79. The lowest BCUT2D eigenvalue weighted by Crippen LogP contribution is -2.46. The highest BCUT2D eigenvalue weighted by molar-refractivity contribution is 6.84. The molecule has 0 aliphatic heterocycles. The van der Waals surface area contributed by atoms with E-state index in [0.29, 0.717) is 6.61 Å². The molecule has 0 unspecified atom stereocenters. The molecule has 84 valence electrons. The first-order valence-corrected chi connectivity index (χ1v) is 11.6. The summed E-state index contributed by atoms with van der Waals surface area (Å²) in [6, 6.07) is 0. The minimum Gasteiger partial charge on any atom is -0.454 e. The molecule has 0 saturated carbocycles. The van der Waals surface area contributed by atoms with Crippen molar-refractivity contribution in [1.82, 2.24) is 0 Å². The Labute approximate surface area is 90.6 Å². The first-order chi connectivity index (χ1) is 6.12. The summed E-state index contributed by atoms with van der Waals surface area (Å²) in [5, 5.41) is 0. The van der Waals surface area contributed by atoms with Crippen LogP contribution in [0.15, 0.2) is 12.2 Å². The zero-order valence-electron chi connectivity index (χ0n) is 10.4. The Balaban J connectivity index is 3.89. The maximum atomic E-state index is 6.13. The molecule has 0 radical (unpaired) electrons. The Morgan fingerprint density at radius 1 is 1.14 bits per heavy atom. The molecule has 0 atom stereocenters. The molecule has 0 heterocycles. The van der Waals surface area contributed by atoms with Crippen molar-refractivity contribution in [2.75, 3.05) is 12.8 Å². The summed E-state index contributed by atoms with van der Waals surface area (Å²) in [5.41, 5.74) is 1.07. The van der Waals surface area contributed by atoms with Crippen LogP contribution in [0.5, 0.6) is 0 Å². The second kappa shape index (κ2) is 5.25. The van der Waals surface area contributed by atoms with Gasteiger partial charge in [-0.1, -0.05) is 12.2 Å². The van der Waals surface area contributed by atoms with Crippen LogP contribution < -0.4 is 0 Å². The Morgan fingerprint density at radius 3 is 2.00 bits per heavy atom. The maximum Gasteiger partial charge on any atom is 0.199 e. The molecule has 0 amide bonds. The van der Waals surface area contributed by atoms with E-state index in [-0.39, 0.29) is 0 Å². The van der Waals surface area contributed by atoms with Crippen LogP contribution in [0.3, 0.4) is 0 Å². The summed E-state index contributed by atoms with van der Waals surface area (Å²) in [6.07, 6.45) is 0.768. The van der Waals surface area contributed by atoms with Crippen LogP contribution in [0, 0.1) is 0 Å². The van der Waals surface area contributed by atoms with Gasteiger partial charge in [0.2, 0.25) is 0 Å². The third-order valence-corrected chi connectivity index (χ3v) is 6.94. The molecule has 0 spiro atoms. The SMILES string of the molecule is C=C(C)COC[Si](C)(C)O[Si](C)(C)C. The molecule has 0 aromatic rings. The van der Waals surface area contributed by atoms with E-state index in [1.165, 1.54) is 0 Å². The summed E-state index contributed by atoms with van der Waals surface area (Å²) in [7, 11) is -3.02. The van der Waals surface area contributed by atoms with Gasteiger partial charge in [0.05, 0.1) is 12.8 Å². The smallest absolute Gasteiger partial charge is 0.199 e. The number of rotatable bonds is 6. The van der Waals surface area contributed by atoms with Crippen LogP contribution in [0.1, 0.15) is 6.92 Å². The maximum absolute atomic E-state index is 6.13. The molecule has 0 aliphatic carbocycles. The Morgan fingerprint density at radius 2 is 1.64 bits per heavy atom. The molecule has 0 aromatic heterocycles. The lowest BCUT2D eigenvalue weighted by molar-refractivity contribution is 0.188. The summed E-state index contributed by atoms with van der Waals surface area (Å²) >= 11 is 0. The van der Waals surface area contributed by atoms with Crippen LogP contribution in [0.2, 0.25) is 32.7 Å². The molecule has 0 rings (SSSR count). The lowest BCUT2D eigenvalue weighted by atomic mass is 10.4. The fraction of sp³-hybridized carbons (Fsp3) is 0.800. The van der Waals surface area contributed by atoms with Gasteiger partial charge in [-0.25, -0.2) is 0 Å². The van der Waals surface area contributed by atoms with Crippen molar-refractivity contribution in [1.29, 1.82) is 0 Å². The van der Waals surface area contributed by atoms with E-state index in [9.17, 15) is 0 Å². The molecular weight excluding hydrogens is 208 g/mol. The van der Waals surface area contributed by atoms with Crippen molar-refractivity contribution in [3.05, 3.63) is 12.2 Å². The van der Waals surface area contributed by atoms with Crippen molar-refractivity contribution in [3.63, 3.8) is 0 Å². The van der Waals surface area contributed by atoms with Gasteiger partial charge in [0.15, 0.2) is 16.6 Å². The number of hydrogen-bond acceptors (Lipinski definition) is 2. The number of ether oxygens (including phenoxy) is 1. The van der Waals surface area contributed by atoms with E-state index in [0.717, 1.165) is 11.8 Å². The average molecular weight is 232 g/mol. The van der Waals surface area contributed by atoms with Gasteiger partial charge in [-0.3, -0.25) is 0 Å².